The molecule has 148 valence electrons. The minimum absolute atomic E-state index is 0.101. The molecule has 6 nitrogen and oxygen atoms in total. The summed E-state index contributed by atoms with van der Waals surface area (Å²) >= 11 is 3.34. The van der Waals surface area contributed by atoms with E-state index in [9.17, 15) is 13.6 Å². The van der Waals surface area contributed by atoms with Crippen molar-refractivity contribution in [3.05, 3.63) is 76.7 Å². The SMILES string of the molecule is O=C(Nc1ccc(F)cc1)c1cnc(N2CC(Oc3cc(F)ccc3Br)C2)cn1. The summed E-state index contributed by atoms with van der Waals surface area (Å²) in [6.45, 7) is 1.14. The Morgan fingerprint density at radius 3 is 2.48 bits per heavy atom. The van der Waals surface area contributed by atoms with Gasteiger partial charge in [-0.25, -0.2) is 18.7 Å². The summed E-state index contributed by atoms with van der Waals surface area (Å²) in [7, 11) is 0. The maximum absolute atomic E-state index is 13.3. The highest BCUT2D eigenvalue weighted by molar-refractivity contribution is 9.10. The van der Waals surface area contributed by atoms with Crippen LogP contribution < -0.4 is 15.0 Å². The van der Waals surface area contributed by atoms with E-state index in [1.54, 1.807) is 6.07 Å². The first-order valence-electron chi connectivity index (χ1n) is 8.73. The van der Waals surface area contributed by atoms with Crippen molar-refractivity contribution in [1.29, 1.82) is 0 Å². The van der Waals surface area contributed by atoms with Crippen molar-refractivity contribution in [3.63, 3.8) is 0 Å². The van der Waals surface area contributed by atoms with Crippen molar-refractivity contribution in [3.8, 4) is 5.75 Å². The van der Waals surface area contributed by atoms with E-state index < -0.39 is 5.91 Å². The zero-order chi connectivity index (χ0) is 20.4. The third kappa shape index (κ3) is 4.51. The van der Waals surface area contributed by atoms with Crippen molar-refractivity contribution in [1.82, 2.24) is 9.97 Å². The van der Waals surface area contributed by atoms with E-state index in [4.69, 9.17) is 4.74 Å². The molecule has 0 saturated carbocycles. The number of rotatable bonds is 5. The van der Waals surface area contributed by atoms with Gasteiger partial charge in [0.05, 0.1) is 30.0 Å². The van der Waals surface area contributed by atoms with Crippen LogP contribution in [-0.2, 0) is 0 Å². The normalized spacial score (nSPS) is 13.7. The van der Waals surface area contributed by atoms with Crippen LogP contribution in [0.25, 0.3) is 0 Å². The van der Waals surface area contributed by atoms with Crippen LogP contribution in [0.3, 0.4) is 0 Å². The molecule has 1 aliphatic heterocycles. The van der Waals surface area contributed by atoms with Crippen LogP contribution >= 0.6 is 15.9 Å². The Labute approximate surface area is 173 Å². The summed E-state index contributed by atoms with van der Waals surface area (Å²) in [6.07, 6.45) is 2.79. The van der Waals surface area contributed by atoms with Gasteiger partial charge in [0.2, 0.25) is 0 Å². The maximum atomic E-state index is 13.3. The average Bonchev–Trinajstić information content (AvgIpc) is 2.69. The molecule has 9 heteroatoms. The van der Waals surface area contributed by atoms with Gasteiger partial charge in [-0.05, 0) is 52.3 Å². The quantitative estimate of drug-likeness (QED) is 0.622. The van der Waals surface area contributed by atoms with Crippen LogP contribution in [0.2, 0.25) is 0 Å². The van der Waals surface area contributed by atoms with Crippen molar-refractivity contribution in [2.45, 2.75) is 6.10 Å². The molecular formula is C20H15BrF2N4O2. The van der Waals surface area contributed by atoms with Gasteiger partial charge in [-0.3, -0.25) is 4.79 Å². The number of nitrogens with zero attached hydrogens (tertiary/aromatic N) is 3. The van der Waals surface area contributed by atoms with Crippen LogP contribution in [0.4, 0.5) is 20.3 Å². The van der Waals surface area contributed by atoms with E-state index in [2.05, 4.69) is 31.2 Å². The second-order valence-electron chi connectivity index (χ2n) is 6.44. The standard InChI is InChI=1S/C20H15BrF2N4O2/c21-16-6-3-13(23)7-18(16)29-15-10-27(11-15)19-9-24-17(8-25-19)20(28)26-14-4-1-12(22)2-5-14/h1-9,15H,10-11H2,(H,26,28). The van der Waals surface area contributed by atoms with E-state index in [-0.39, 0.29) is 23.4 Å². The number of amides is 1. The predicted molar refractivity (Wildman–Crippen MR) is 107 cm³/mol. The van der Waals surface area contributed by atoms with Gasteiger partial charge in [0.25, 0.3) is 5.91 Å². The minimum Gasteiger partial charge on any atom is -0.485 e. The Bertz CT molecular complexity index is 1030. The molecule has 1 fully saturated rings. The molecule has 0 bridgehead atoms. The number of nitrogens with one attached hydrogen (secondary N) is 1. The Kier molecular flexibility index (Phi) is 5.39. The lowest BCUT2D eigenvalue weighted by Crippen LogP contribution is -2.54. The van der Waals surface area contributed by atoms with Gasteiger partial charge in [0.1, 0.15) is 35.0 Å². The Hall–Kier alpha value is -3.07. The summed E-state index contributed by atoms with van der Waals surface area (Å²) in [5.74, 6) is -0.111. The smallest absolute Gasteiger partial charge is 0.275 e. The Morgan fingerprint density at radius 1 is 1.07 bits per heavy atom. The van der Waals surface area contributed by atoms with Gasteiger partial charge in [-0.1, -0.05) is 0 Å². The van der Waals surface area contributed by atoms with Gasteiger partial charge in [-0.2, -0.15) is 0 Å². The monoisotopic (exact) mass is 460 g/mol. The van der Waals surface area contributed by atoms with Gasteiger partial charge < -0.3 is 15.0 Å². The molecule has 0 aliphatic carbocycles. The first-order valence-corrected chi connectivity index (χ1v) is 9.53. The molecule has 2 heterocycles. The lowest BCUT2D eigenvalue weighted by atomic mass is 10.1. The fourth-order valence-corrected chi connectivity index (χ4v) is 3.12. The fourth-order valence-electron chi connectivity index (χ4n) is 2.78. The van der Waals surface area contributed by atoms with Crippen LogP contribution in [0.15, 0.2) is 59.3 Å². The van der Waals surface area contributed by atoms with E-state index in [0.717, 1.165) is 0 Å². The Balaban J connectivity index is 1.32. The topological polar surface area (TPSA) is 67.4 Å². The summed E-state index contributed by atoms with van der Waals surface area (Å²) < 4.78 is 32.7. The number of aromatic nitrogens is 2. The van der Waals surface area contributed by atoms with Crippen molar-refractivity contribution < 1.29 is 18.3 Å². The Morgan fingerprint density at radius 2 is 1.79 bits per heavy atom. The van der Waals surface area contributed by atoms with Gasteiger partial charge >= 0.3 is 0 Å². The number of ether oxygens (including phenoxy) is 1. The van der Waals surface area contributed by atoms with Gasteiger partial charge in [0.15, 0.2) is 0 Å². The lowest BCUT2D eigenvalue weighted by Gasteiger charge is -2.39. The highest BCUT2D eigenvalue weighted by Gasteiger charge is 2.30. The number of benzene rings is 2. The van der Waals surface area contributed by atoms with Crippen LogP contribution in [0.5, 0.6) is 5.75 Å². The molecule has 2 aromatic carbocycles. The average molecular weight is 461 g/mol. The largest absolute Gasteiger partial charge is 0.485 e. The molecule has 1 aliphatic rings. The molecule has 29 heavy (non-hydrogen) atoms. The zero-order valence-corrected chi connectivity index (χ0v) is 16.6. The van der Waals surface area contributed by atoms with Crippen molar-refractivity contribution in [2.24, 2.45) is 0 Å². The van der Waals surface area contributed by atoms with Crippen molar-refractivity contribution in [2.75, 3.05) is 23.3 Å². The van der Waals surface area contributed by atoms with Gasteiger partial charge in [-0.15, -0.1) is 0 Å². The number of carbonyl (C=O) groups is 1. The number of carbonyl (C=O) groups excluding carboxylic acids is 1. The second kappa shape index (κ2) is 8.12. The summed E-state index contributed by atoms with van der Waals surface area (Å²) in [4.78, 5) is 22.5. The van der Waals surface area contributed by atoms with Gasteiger partial charge in [0, 0.05) is 11.8 Å². The summed E-state index contributed by atoms with van der Waals surface area (Å²) in [6, 6.07) is 9.74. The molecule has 4 rings (SSSR count). The highest BCUT2D eigenvalue weighted by Crippen LogP contribution is 2.29. The molecule has 0 radical (unpaired) electrons. The number of halogens is 3. The first-order chi connectivity index (χ1) is 14.0. The van der Waals surface area contributed by atoms with E-state index in [1.807, 2.05) is 4.90 Å². The van der Waals surface area contributed by atoms with Crippen molar-refractivity contribution >= 4 is 33.3 Å². The zero-order valence-electron chi connectivity index (χ0n) is 15.0. The molecule has 0 atom stereocenters. The highest BCUT2D eigenvalue weighted by atomic mass is 79.9. The number of hydrogen-bond acceptors (Lipinski definition) is 5. The number of anilines is 2. The first kappa shape index (κ1) is 19.3. The number of hydrogen-bond donors (Lipinski definition) is 1. The maximum Gasteiger partial charge on any atom is 0.275 e. The second-order valence-corrected chi connectivity index (χ2v) is 7.29. The molecule has 0 spiro atoms. The van der Waals surface area contributed by atoms with Crippen LogP contribution in [0.1, 0.15) is 10.5 Å². The van der Waals surface area contributed by atoms with Crippen LogP contribution in [-0.4, -0.2) is 35.1 Å². The van der Waals surface area contributed by atoms with Crippen LogP contribution in [0, 0.1) is 11.6 Å². The third-order valence-corrected chi connectivity index (χ3v) is 4.99. The van der Waals surface area contributed by atoms with E-state index in [1.165, 1.54) is 48.8 Å². The molecular weight excluding hydrogens is 446 g/mol. The van der Waals surface area contributed by atoms with E-state index >= 15 is 0 Å². The van der Waals surface area contributed by atoms with E-state index in [0.29, 0.717) is 34.8 Å². The predicted octanol–water partition coefficient (Wildman–Crippen LogP) is 4.04. The molecule has 1 N–H and O–H groups in total. The molecule has 1 aromatic heterocycles. The molecule has 1 amide bonds. The minimum atomic E-state index is -0.434. The molecule has 0 unspecified atom stereocenters. The fraction of sp³-hybridized carbons (Fsp3) is 0.150. The third-order valence-electron chi connectivity index (χ3n) is 4.33. The lowest BCUT2D eigenvalue weighted by molar-refractivity contribution is 0.102. The summed E-state index contributed by atoms with van der Waals surface area (Å²) in [5.41, 5.74) is 0.614. The summed E-state index contributed by atoms with van der Waals surface area (Å²) in [5, 5.41) is 2.63. The molecule has 3 aromatic rings. The molecule has 1 saturated heterocycles.